The molecule has 1 amide bonds. The number of amides is 1. The van der Waals surface area contributed by atoms with Crippen molar-refractivity contribution in [1.29, 1.82) is 0 Å². The van der Waals surface area contributed by atoms with Crippen LogP contribution < -0.4 is 9.62 Å². The van der Waals surface area contributed by atoms with Gasteiger partial charge < -0.3 is 5.32 Å². The molecule has 0 fully saturated rings. The Kier molecular flexibility index (Phi) is 6.07. The minimum Gasteiger partial charge on any atom is -0.322 e. The van der Waals surface area contributed by atoms with Gasteiger partial charge in [-0.3, -0.25) is 9.10 Å². The number of nitrogens with zero attached hydrogens (tertiary/aromatic N) is 1. The summed E-state index contributed by atoms with van der Waals surface area (Å²) >= 11 is 9.16. The van der Waals surface area contributed by atoms with Crippen molar-refractivity contribution in [3.8, 4) is 0 Å². The topological polar surface area (TPSA) is 66.5 Å². The predicted octanol–water partition coefficient (Wildman–Crippen LogP) is 5.18. The van der Waals surface area contributed by atoms with E-state index in [9.17, 15) is 13.2 Å². The standard InChI is InChI=1S/C20H16BrClN2O3S/c1-24(28(26,27)19-12-6-16(22)7-13-19)18-10-2-14(3-11-18)20(25)23-17-8-4-15(21)5-9-17/h2-13H,1H3,(H,23,25). The van der Waals surface area contributed by atoms with Gasteiger partial charge in [-0.15, -0.1) is 0 Å². The summed E-state index contributed by atoms with van der Waals surface area (Å²) in [5, 5.41) is 3.25. The summed E-state index contributed by atoms with van der Waals surface area (Å²) in [5.74, 6) is -0.280. The summed E-state index contributed by atoms with van der Waals surface area (Å²) in [4.78, 5) is 12.5. The molecule has 0 radical (unpaired) electrons. The number of hydrogen-bond donors (Lipinski definition) is 1. The third-order valence-electron chi connectivity index (χ3n) is 4.07. The van der Waals surface area contributed by atoms with Crippen LogP contribution in [0.15, 0.2) is 82.2 Å². The number of carbonyl (C=O) groups is 1. The molecule has 0 aliphatic heterocycles. The van der Waals surface area contributed by atoms with Crippen molar-refractivity contribution in [3.63, 3.8) is 0 Å². The Hall–Kier alpha value is -2.35. The molecule has 0 unspecified atom stereocenters. The highest BCUT2D eigenvalue weighted by Gasteiger charge is 2.21. The first-order valence-electron chi connectivity index (χ1n) is 8.19. The Morgan fingerprint density at radius 2 is 1.50 bits per heavy atom. The van der Waals surface area contributed by atoms with E-state index < -0.39 is 10.0 Å². The molecular formula is C20H16BrClN2O3S. The van der Waals surface area contributed by atoms with Gasteiger partial charge in [0.25, 0.3) is 15.9 Å². The van der Waals surface area contributed by atoms with Crippen LogP contribution in [-0.2, 0) is 10.0 Å². The maximum Gasteiger partial charge on any atom is 0.264 e. The minimum atomic E-state index is -3.72. The van der Waals surface area contributed by atoms with Crippen LogP contribution in [0.1, 0.15) is 10.4 Å². The van der Waals surface area contributed by atoms with Crippen LogP contribution in [0.5, 0.6) is 0 Å². The maximum absolute atomic E-state index is 12.7. The molecule has 0 spiro atoms. The van der Waals surface area contributed by atoms with E-state index >= 15 is 0 Å². The smallest absolute Gasteiger partial charge is 0.264 e. The summed E-state index contributed by atoms with van der Waals surface area (Å²) in [6.45, 7) is 0. The Labute approximate surface area is 177 Å². The first-order chi connectivity index (χ1) is 13.3. The Bertz CT molecular complexity index is 1080. The highest BCUT2D eigenvalue weighted by atomic mass is 79.9. The molecule has 3 rings (SSSR count). The number of halogens is 2. The van der Waals surface area contributed by atoms with Gasteiger partial charge in [-0.25, -0.2) is 8.42 Å². The van der Waals surface area contributed by atoms with Crippen LogP contribution in [-0.4, -0.2) is 21.4 Å². The molecule has 0 aliphatic carbocycles. The largest absolute Gasteiger partial charge is 0.322 e. The quantitative estimate of drug-likeness (QED) is 0.548. The molecule has 144 valence electrons. The molecule has 28 heavy (non-hydrogen) atoms. The summed E-state index contributed by atoms with van der Waals surface area (Å²) in [7, 11) is -2.27. The van der Waals surface area contributed by atoms with Crippen LogP contribution in [0.25, 0.3) is 0 Å². The van der Waals surface area contributed by atoms with Gasteiger partial charge in [0, 0.05) is 27.8 Å². The molecule has 0 bridgehead atoms. The third-order valence-corrected chi connectivity index (χ3v) is 6.65. The van der Waals surface area contributed by atoms with E-state index in [1.165, 1.54) is 31.3 Å². The Morgan fingerprint density at radius 1 is 0.929 bits per heavy atom. The highest BCUT2D eigenvalue weighted by molar-refractivity contribution is 9.10. The van der Waals surface area contributed by atoms with Gasteiger partial charge >= 0.3 is 0 Å². The number of sulfonamides is 1. The van der Waals surface area contributed by atoms with Crippen molar-refractivity contribution in [1.82, 2.24) is 0 Å². The molecule has 5 nitrogen and oxygen atoms in total. The number of rotatable bonds is 5. The van der Waals surface area contributed by atoms with Crippen LogP contribution in [0.2, 0.25) is 5.02 Å². The van der Waals surface area contributed by atoms with Crippen molar-refractivity contribution in [2.75, 3.05) is 16.7 Å². The van der Waals surface area contributed by atoms with E-state index in [-0.39, 0.29) is 10.8 Å². The minimum absolute atomic E-state index is 0.136. The first kappa shape index (κ1) is 20.4. The van der Waals surface area contributed by atoms with Crippen LogP contribution in [0.3, 0.4) is 0 Å². The molecule has 3 aromatic rings. The predicted molar refractivity (Wildman–Crippen MR) is 116 cm³/mol. The fourth-order valence-corrected chi connectivity index (χ4v) is 4.05. The van der Waals surface area contributed by atoms with Crippen LogP contribution in [0.4, 0.5) is 11.4 Å². The van der Waals surface area contributed by atoms with Gasteiger partial charge in [0.1, 0.15) is 0 Å². The fraction of sp³-hybridized carbons (Fsp3) is 0.0500. The molecule has 0 saturated carbocycles. The normalized spacial score (nSPS) is 11.1. The molecule has 1 N–H and O–H groups in total. The van der Waals surface area contributed by atoms with Crippen molar-refractivity contribution in [2.24, 2.45) is 0 Å². The van der Waals surface area contributed by atoms with Gasteiger partial charge in [-0.05, 0) is 72.8 Å². The zero-order valence-electron chi connectivity index (χ0n) is 14.8. The number of carbonyl (C=O) groups excluding carboxylic acids is 1. The van der Waals surface area contributed by atoms with E-state index in [4.69, 9.17) is 11.6 Å². The van der Waals surface area contributed by atoms with E-state index in [0.717, 1.165) is 8.78 Å². The van der Waals surface area contributed by atoms with Crippen molar-refractivity contribution in [3.05, 3.63) is 87.9 Å². The van der Waals surface area contributed by atoms with Crippen LogP contribution in [0, 0.1) is 0 Å². The van der Waals surface area contributed by atoms with Gasteiger partial charge in [0.2, 0.25) is 0 Å². The number of nitrogens with one attached hydrogen (secondary N) is 1. The fourth-order valence-electron chi connectivity index (χ4n) is 2.46. The Balaban J connectivity index is 1.76. The maximum atomic E-state index is 12.7. The molecule has 0 heterocycles. The van der Waals surface area contributed by atoms with E-state index in [1.807, 2.05) is 12.1 Å². The Morgan fingerprint density at radius 3 is 2.07 bits per heavy atom. The van der Waals surface area contributed by atoms with Crippen molar-refractivity contribution >= 4 is 54.8 Å². The summed E-state index contributed by atoms with van der Waals surface area (Å²) in [6, 6.07) is 19.5. The van der Waals surface area contributed by atoms with E-state index in [0.29, 0.717) is 22.0 Å². The second-order valence-corrected chi connectivity index (χ2v) is 9.26. The van der Waals surface area contributed by atoms with Gasteiger partial charge in [0.05, 0.1) is 10.6 Å². The molecule has 3 aromatic carbocycles. The summed E-state index contributed by atoms with van der Waals surface area (Å²) < 4.78 is 27.5. The second kappa shape index (κ2) is 8.34. The lowest BCUT2D eigenvalue weighted by Gasteiger charge is -2.19. The average molecular weight is 480 g/mol. The average Bonchev–Trinajstić information content (AvgIpc) is 2.69. The lowest BCUT2D eigenvalue weighted by molar-refractivity contribution is 0.102. The molecule has 0 aliphatic rings. The number of hydrogen-bond acceptors (Lipinski definition) is 3. The van der Waals surface area contributed by atoms with E-state index in [1.54, 1.807) is 36.4 Å². The van der Waals surface area contributed by atoms with E-state index in [2.05, 4.69) is 21.2 Å². The molecule has 8 heteroatoms. The first-order valence-corrected chi connectivity index (χ1v) is 10.8. The monoisotopic (exact) mass is 478 g/mol. The summed E-state index contributed by atoms with van der Waals surface area (Å²) in [5.41, 5.74) is 1.53. The lowest BCUT2D eigenvalue weighted by Crippen LogP contribution is -2.26. The SMILES string of the molecule is CN(c1ccc(C(=O)Nc2ccc(Br)cc2)cc1)S(=O)(=O)c1ccc(Cl)cc1. The molecular weight excluding hydrogens is 464 g/mol. The van der Waals surface area contributed by atoms with Crippen molar-refractivity contribution in [2.45, 2.75) is 4.90 Å². The zero-order valence-corrected chi connectivity index (χ0v) is 17.9. The van der Waals surface area contributed by atoms with Gasteiger partial charge in [0.15, 0.2) is 0 Å². The second-order valence-electron chi connectivity index (χ2n) is 5.93. The third kappa shape index (κ3) is 4.55. The molecule has 0 aromatic heterocycles. The zero-order chi connectivity index (χ0) is 20.3. The number of benzene rings is 3. The summed E-state index contributed by atoms with van der Waals surface area (Å²) in [6.07, 6.45) is 0. The number of anilines is 2. The van der Waals surface area contributed by atoms with Gasteiger partial charge in [-0.1, -0.05) is 27.5 Å². The van der Waals surface area contributed by atoms with Crippen molar-refractivity contribution < 1.29 is 13.2 Å². The highest BCUT2D eigenvalue weighted by Crippen LogP contribution is 2.24. The van der Waals surface area contributed by atoms with Gasteiger partial charge in [-0.2, -0.15) is 0 Å². The van der Waals surface area contributed by atoms with Crippen LogP contribution >= 0.6 is 27.5 Å². The lowest BCUT2D eigenvalue weighted by atomic mass is 10.2. The molecule has 0 atom stereocenters. The molecule has 0 saturated heterocycles.